The normalized spacial score (nSPS) is 13.7. The van der Waals surface area contributed by atoms with Crippen molar-refractivity contribution in [3.8, 4) is 0 Å². The van der Waals surface area contributed by atoms with Gasteiger partial charge in [-0.05, 0) is 30.7 Å². The van der Waals surface area contributed by atoms with Gasteiger partial charge in [-0.15, -0.1) is 0 Å². The van der Waals surface area contributed by atoms with Gasteiger partial charge >= 0.3 is 5.97 Å². The van der Waals surface area contributed by atoms with Crippen LogP contribution in [0.5, 0.6) is 0 Å². The Bertz CT molecular complexity index is 644. The first-order chi connectivity index (χ1) is 11.5. The van der Waals surface area contributed by atoms with Crippen molar-refractivity contribution >= 4 is 39.6 Å². The number of carbonyl (C=O) groups is 4. The zero-order chi connectivity index (χ0) is 17.5. The molecule has 0 aromatic heterocycles. The van der Waals surface area contributed by atoms with E-state index in [1.807, 2.05) is 0 Å². The summed E-state index contributed by atoms with van der Waals surface area (Å²) in [6, 6.07) is 6.80. The van der Waals surface area contributed by atoms with Crippen LogP contribution in [0.25, 0.3) is 0 Å². The van der Waals surface area contributed by atoms with Crippen LogP contribution in [0.2, 0.25) is 0 Å². The van der Waals surface area contributed by atoms with Crippen LogP contribution in [0.15, 0.2) is 28.7 Å². The van der Waals surface area contributed by atoms with Gasteiger partial charge in [-0.3, -0.25) is 24.1 Å². The van der Waals surface area contributed by atoms with Crippen molar-refractivity contribution in [1.82, 2.24) is 10.2 Å². The van der Waals surface area contributed by atoms with Gasteiger partial charge in [0.25, 0.3) is 11.8 Å². The predicted octanol–water partition coefficient (Wildman–Crippen LogP) is 1.26. The lowest BCUT2D eigenvalue weighted by Crippen LogP contribution is -2.35. The molecule has 0 atom stereocenters. The number of rotatable bonds is 6. The van der Waals surface area contributed by atoms with E-state index in [1.54, 1.807) is 24.3 Å². The van der Waals surface area contributed by atoms with Crippen LogP contribution < -0.4 is 5.32 Å². The number of amides is 3. The highest BCUT2D eigenvalue weighted by Gasteiger charge is 2.26. The molecular weight excluding hydrogens is 380 g/mol. The Balaban J connectivity index is 1.66. The van der Waals surface area contributed by atoms with Gasteiger partial charge in [-0.2, -0.15) is 0 Å². The second kappa shape index (κ2) is 8.58. The van der Waals surface area contributed by atoms with Crippen molar-refractivity contribution in [2.24, 2.45) is 0 Å². The minimum absolute atomic E-state index is 0.0521. The summed E-state index contributed by atoms with van der Waals surface area (Å²) < 4.78 is 5.69. The number of ether oxygens (including phenoxy) is 1. The fourth-order valence-electron chi connectivity index (χ4n) is 2.19. The number of benzene rings is 1. The zero-order valence-electron chi connectivity index (χ0n) is 12.9. The molecular formula is C16H17BrN2O5. The van der Waals surface area contributed by atoms with Crippen molar-refractivity contribution in [3.05, 3.63) is 34.3 Å². The molecule has 128 valence electrons. The SMILES string of the molecule is O=C(CCNC(=O)c1ccc(Br)cc1)OCC(=O)N1CCCC1=O. The van der Waals surface area contributed by atoms with Crippen LogP contribution in [0.1, 0.15) is 29.6 Å². The average molecular weight is 397 g/mol. The Labute approximate surface area is 147 Å². The summed E-state index contributed by atoms with van der Waals surface area (Å²) in [5.41, 5.74) is 0.481. The quantitative estimate of drug-likeness (QED) is 0.730. The van der Waals surface area contributed by atoms with E-state index < -0.39 is 18.5 Å². The number of likely N-dealkylation sites (tertiary alicyclic amines) is 1. The molecule has 1 aliphatic heterocycles. The lowest BCUT2D eigenvalue weighted by atomic mass is 10.2. The van der Waals surface area contributed by atoms with E-state index in [0.29, 0.717) is 24.9 Å². The van der Waals surface area contributed by atoms with Crippen LogP contribution in [-0.4, -0.2) is 48.3 Å². The number of hydrogen-bond acceptors (Lipinski definition) is 5. The molecule has 0 saturated carbocycles. The second-order valence-corrected chi connectivity index (χ2v) is 6.13. The minimum atomic E-state index is -0.605. The highest BCUT2D eigenvalue weighted by molar-refractivity contribution is 9.10. The molecule has 7 nitrogen and oxygen atoms in total. The minimum Gasteiger partial charge on any atom is -0.455 e. The third kappa shape index (κ3) is 5.16. The first-order valence-electron chi connectivity index (χ1n) is 7.50. The maximum atomic E-state index is 11.8. The molecule has 1 heterocycles. The lowest BCUT2D eigenvalue weighted by Gasteiger charge is -2.13. The number of halogens is 1. The monoisotopic (exact) mass is 396 g/mol. The maximum absolute atomic E-state index is 11.8. The number of imide groups is 1. The molecule has 0 bridgehead atoms. The van der Waals surface area contributed by atoms with E-state index in [0.717, 1.165) is 9.37 Å². The van der Waals surface area contributed by atoms with Gasteiger partial charge in [0, 0.05) is 29.5 Å². The van der Waals surface area contributed by atoms with Crippen molar-refractivity contribution in [2.75, 3.05) is 19.7 Å². The molecule has 0 aliphatic carbocycles. The van der Waals surface area contributed by atoms with Crippen LogP contribution in [0, 0.1) is 0 Å². The number of esters is 1. The van der Waals surface area contributed by atoms with Gasteiger partial charge < -0.3 is 10.1 Å². The van der Waals surface area contributed by atoms with Gasteiger partial charge in [-0.1, -0.05) is 15.9 Å². The summed E-state index contributed by atoms with van der Waals surface area (Å²) in [5.74, 6) is -1.65. The highest BCUT2D eigenvalue weighted by Crippen LogP contribution is 2.11. The van der Waals surface area contributed by atoms with Crippen LogP contribution >= 0.6 is 15.9 Å². The topological polar surface area (TPSA) is 92.8 Å². The molecule has 2 rings (SSSR count). The number of nitrogens with one attached hydrogen (secondary N) is 1. The first kappa shape index (κ1) is 18.1. The van der Waals surface area contributed by atoms with Crippen molar-refractivity contribution < 1.29 is 23.9 Å². The predicted molar refractivity (Wildman–Crippen MR) is 88.0 cm³/mol. The Hall–Kier alpha value is -2.22. The molecule has 1 saturated heterocycles. The van der Waals surface area contributed by atoms with Gasteiger partial charge in [0.1, 0.15) is 0 Å². The zero-order valence-corrected chi connectivity index (χ0v) is 14.5. The summed E-state index contributed by atoms with van der Waals surface area (Å²) in [4.78, 5) is 47.6. The number of carbonyl (C=O) groups excluding carboxylic acids is 4. The van der Waals surface area contributed by atoms with E-state index in [4.69, 9.17) is 4.74 Å². The van der Waals surface area contributed by atoms with Gasteiger partial charge in [0.05, 0.1) is 6.42 Å². The molecule has 1 N–H and O–H groups in total. The Morgan fingerprint density at radius 2 is 1.92 bits per heavy atom. The summed E-state index contributed by atoms with van der Waals surface area (Å²) in [7, 11) is 0. The van der Waals surface area contributed by atoms with E-state index >= 15 is 0 Å². The van der Waals surface area contributed by atoms with Crippen molar-refractivity contribution in [3.63, 3.8) is 0 Å². The number of hydrogen-bond donors (Lipinski definition) is 1. The van der Waals surface area contributed by atoms with E-state index in [1.165, 1.54) is 0 Å². The Kier molecular flexibility index (Phi) is 6.48. The third-order valence-electron chi connectivity index (χ3n) is 3.45. The average Bonchev–Trinajstić information content (AvgIpc) is 2.99. The fraction of sp³-hybridized carbons (Fsp3) is 0.375. The smallest absolute Gasteiger partial charge is 0.308 e. The van der Waals surface area contributed by atoms with Crippen LogP contribution in [0.4, 0.5) is 0 Å². The summed E-state index contributed by atoms with van der Waals surface area (Å²) >= 11 is 3.28. The molecule has 24 heavy (non-hydrogen) atoms. The fourth-order valence-corrected chi connectivity index (χ4v) is 2.45. The Morgan fingerprint density at radius 3 is 2.54 bits per heavy atom. The number of nitrogens with zero attached hydrogens (tertiary/aromatic N) is 1. The van der Waals surface area contributed by atoms with Gasteiger partial charge in [-0.25, -0.2) is 0 Å². The molecule has 0 radical (unpaired) electrons. The maximum Gasteiger partial charge on any atom is 0.308 e. The standard InChI is InChI=1S/C16H17BrN2O5/c17-12-5-3-11(4-6-12)16(23)18-8-7-15(22)24-10-14(21)19-9-1-2-13(19)20/h3-6H,1-2,7-10H2,(H,18,23). The lowest BCUT2D eigenvalue weighted by molar-refractivity contribution is -0.154. The second-order valence-electron chi connectivity index (χ2n) is 5.22. The summed E-state index contributed by atoms with van der Waals surface area (Å²) in [6.07, 6.45) is 0.936. The molecule has 1 aromatic carbocycles. The van der Waals surface area contributed by atoms with Gasteiger partial charge in [0.15, 0.2) is 6.61 Å². The Morgan fingerprint density at radius 1 is 1.21 bits per heavy atom. The van der Waals surface area contributed by atoms with E-state index in [2.05, 4.69) is 21.2 Å². The molecule has 8 heteroatoms. The molecule has 1 aromatic rings. The third-order valence-corrected chi connectivity index (χ3v) is 3.98. The molecule has 1 fully saturated rings. The van der Waals surface area contributed by atoms with Crippen molar-refractivity contribution in [1.29, 1.82) is 0 Å². The van der Waals surface area contributed by atoms with Crippen LogP contribution in [-0.2, 0) is 19.1 Å². The molecule has 0 unspecified atom stereocenters. The van der Waals surface area contributed by atoms with E-state index in [9.17, 15) is 19.2 Å². The van der Waals surface area contributed by atoms with Crippen LogP contribution in [0.3, 0.4) is 0 Å². The largest absolute Gasteiger partial charge is 0.455 e. The van der Waals surface area contributed by atoms with E-state index in [-0.39, 0.29) is 24.8 Å². The molecule has 3 amide bonds. The molecule has 1 aliphatic rings. The van der Waals surface area contributed by atoms with Gasteiger partial charge in [0.2, 0.25) is 5.91 Å². The molecule has 0 spiro atoms. The highest BCUT2D eigenvalue weighted by atomic mass is 79.9. The summed E-state index contributed by atoms with van der Waals surface area (Å²) in [5, 5.41) is 2.59. The first-order valence-corrected chi connectivity index (χ1v) is 8.29. The summed E-state index contributed by atoms with van der Waals surface area (Å²) in [6.45, 7) is 0.0221. The van der Waals surface area contributed by atoms with Crippen molar-refractivity contribution in [2.45, 2.75) is 19.3 Å².